The third-order valence-corrected chi connectivity index (χ3v) is 0.424. The normalized spacial score (nSPS) is 6.33. The molecule has 52 valence electrons. The monoisotopic (exact) mass is 130 g/mol. The number of nitrogens with one attached hydrogen (secondary N) is 1. The molecular formula is C3H10N6. The number of guanidine groups is 1. The van der Waals surface area contributed by atoms with E-state index in [1.807, 2.05) is 6.92 Å². The van der Waals surface area contributed by atoms with Crippen molar-refractivity contribution in [1.82, 2.24) is 0 Å². The second-order valence-corrected chi connectivity index (χ2v) is 1.16. The highest BCUT2D eigenvalue weighted by Crippen LogP contribution is 1.29. The Hall–Kier alpha value is -1.26. The van der Waals surface area contributed by atoms with E-state index < -0.39 is 0 Å². The van der Waals surface area contributed by atoms with Crippen LogP contribution in [0.4, 0.5) is 0 Å². The van der Waals surface area contributed by atoms with Crippen LogP contribution >= 0.6 is 0 Å². The van der Waals surface area contributed by atoms with E-state index in [4.69, 9.17) is 22.2 Å². The molecule has 0 spiro atoms. The molecule has 0 heterocycles. The molecule has 6 heteroatoms. The largest absolute Gasteiger partial charge is 0.373 e. The molecule has 0 saturated heterocycles. The fourth-order valence-electron chi connectivity index (χ4n) is 0.220. The van der Waals surface area contributed by atoms with Crippen LogP contribution in [0.15, 0.2) is 0 Å². The molecule has 9 heavy (non-hydrogen) atoms. The van der Waals surface area contributed by atoms with Gasteiger partial charge in [0, 0.05) is 0 Å². The minimum atomic E-state index is 0.164. The fraction of sp³-hybridized carbons (Fsp3) is 0.667. The molecule has 0 aromatic carbocycles. The summed E-state index contributed by atoms with van der Waals surface area (Å²) in [6.45, 7) is 2.80. The molecule has 5 N–H and O–H groups in total. The number of hydrogen-bond acceptors (Lipinski definition) is 1. The van der Waals surface area contributed by atoms with Crippen LogP contribution in [0, 0.1) is 5.41 Å². The van der Waals surface area contributed by atoms with Crippen molar-refractivity contribution in [1.29, 1.82) is 5.41 Å². The molecule has 0 aromatic heterocycles. The Morgan fingerprint density at radius 2 is 2.11 bits per heavy atom. The lowest BCUT2D eigenvalue weighted by Crippen LogP contribution is -2.89. The van der Waals surface area contributed by atoms with Gasteiger partial charge in [-0.05, 0) is 6.92 Å². The zero-order chi connectivity index (χ0) is 7.70. The SMILES string of the molecule is CC[NH2+]C(=N)N.[N-]=[N+]=[N-]. The Morgan fingerprint density at radius 1 is 1.78 bits per heavy atom. The van der Waals surface area contributed by atoms with Gasteiger partial charge in [-0.15, -0.1) is 0 Å². The molecule has 6 nitrogen and oxygen atoms in total. The molecule has 0 fully saturated rings. The molecule has 0 unspecified atom stereocenters. The molecule has 0 rings (SSSR count). The quantitative estimate of drug-likeness (QED) is 0.141. The average molecular weight is 130 g/mol. The Morgan fingerprint density at radius 3 is 2.11 bits per heavy atom. The third kappa shape index (κ3) is 50.0. The van der Waals surface area contributed by atoms with Gasteiger partial charge in [0.1, 0.15) is 0 Å². The summed E-state index contributed by atoms with van der Waals surface area (Å²) in [5.74, 6) is 0.164. The predicted molar refractivity (Wildman–Crippen MR) is 34.5 cm³/mol. The van der Waals surface area contributed by atoms with Crippen LogP contribution < -0.4 is 11.1 Å². The summed E-state index contributed by atoms with van der Waals surface area (Å²) in [6, 6.07) is 0. The van der Waals surface area contributed by atoms with E-state index in [1.165, 1.54) is 4.91 Å². The summed E-state index contributed by atoms with van der Waals surface area (Å²) in [5, 5.41) is 8.27. The first-order valence-electron chi connectivity index (χ1n) is 2.34. The Kier molecular flexibility index (Phi) is 11.7. The Balaban J connectivity index is 0. The first kappa shape index (κ1) is 10.7. The van der Waals surface area contributed by atoms with Gasteiger partial charge in [0.05, 0.1) is 6.54 Å². The molecule has 0 atom stereocenters. The second-order valence-electron chi connectivity index (χ2n) is 1.16. The second kappa shape index (κ2) is 9.88. The number of hydrogen-bond donors (Lipinski definition) is 3. The van der Waals surface area contributed by atoms with Gasteiger partial charge in [-0.2, -0.15) is 0 Å². The third-order valence-electron chi connectivity index (χ3n) is 0.424. The van der Waals surface area contributed by atoms with Crippen molar-refractivity contribution in [3.8, 4) is 0 Å². The van der Waals surface area contributed by atoms with Crippen LogP contribution in [-0.2, 0) is 0 Å². The van der Waals surface area contributed by atoms with Crippen molar-refractivity contribution >= 4 is 5.96 Å². The molecule has 0 aromatic rings. The zero-order valence-electron chi connectivity index (χ0n) is 5.20. The van der Waals surface area contributed by atoms with Gasteiger partial charge in [0.2, 0.25) is 0 Å². The molecule has 0 aliphatic rings. The highest BCUT2D eigenvalue weighted by atomic mass is 15.0. The lowest BCUT2D eigenvalue weighted by atomic mass is 10.7. The molecule has 0 bridgehead atoms. The summed E-state index contributed by atoms with van der Waals surface area (Å²) >= 11 is 0. The van der Waals surface area contributed by atoms with Crippen LogP contribution in [0.3, 0.4) is 0 Å². The highest BCUT2D eigenvalue weighted by Gasteiger charge is 1.81. The van der Waals surface area contributed by atoms with Gasteiger partial charge < -0.3 is 16.8 Å². The van der Waals surface area contributed by atoms with Crippen molar-refractivity contribution in [3.63, 3.8) is 0 Å². The topological polar surface area (TPSA) is 125 Å². The number of nitrogens with zero attached hydrogens (tertiary/aromatic N) is 3. The smallest absolute Gasteiger partial charge is 0.288 e. The minimum absolute atomic E-state index is 0.164. The molecule has 0 amide bonds. The van der Waals surface area contributed by atoms with E-state index in [9.17, 15) is 0 Å². The molecule has 0 saturated carbocycles. The summed E-state index contributed by atoms with van der Waals surface area (Å²) in [6.07, 6.45) is 0. The number of quaternary nitrogens is 1. The molecular weight excluding hydrogens is 120 g/mol. The lowest BCUT2D eigenvalue weighted by Gasteiger charge is -1.85. The number of rotatable bonds is 1. The highest BCUT2D eigenvalue weighted by molar-refractivity contribution is 5.63. The van der Waals surface area contributed by atoms with Crippen molar-refractivity contribution in [2.75, 3.05) is 6.54 Å². The van der Waals surface area contributed by atoms with Crippen molar-refractivity contribution in [2.45, 2.75) is 6.92 Å². The van der Waals surface area contributed by atoms with Gasteiger partial charge >= 0.3 is 0 Å². The lowest BCUT2D eigenvalue weighted by molar-refractivity contribution is -0.538. The van der Waals surface area contributed by atoms with Gasteiger partial charge in [-0.25, -0.2) is 5.41 Å². The van der Waals surface area contributed by atoms with Crippen molar-refractivity contribution in [3.05, 3.63) is 16.0 Å². The molecule has 0 aliphatic carbocycles. The first-order valence-corrected chi connectivity index (χ1v) is 2.34. The van der Waals surface area contributed by atoms with Crippen molar-refractivity contribution < 1.29 is 5.32 Å². The maximum absolute atomic E-state index is 6.75. The van der Waals surface area contributed by atoms with Crippen LogP contribution in [0.1, 0.15) is 6.92 Å². The van der Waals surface area contributed by atoms with E-state index in [0.717, 1.165) is 6.54 Å². The Labute approximate surface area is 53.0 Å². The fourth-order valence-corrected chi connectivity index (χ4v) is 0.220. The molecule has 0 radical (unpaired) electrons. The summed E-state index contributed by atoms with van der Waals surface area (Å²) in [7, 11) is 0. The molecule has 0 aliphatic heterocycles. The number of nitrogens with two attached hydrogens (primary N) is 2. The van der Waals surface area contributed by atoms with Gasteiger partial charge in [0.25, 0.3) is 5.96 Å². The zero-order valence-corrected chi connectivity index (χ0v) is 5.20. The van der Waals surface area contributed by atoms with E-state index in [-0.39, 0.29) is 5.96 Å². The van der Waals surface area contributed by atoms with Crippen LogP contribution in [0.2, 0.25) is 0 Å². The van der Waals surface area contributed by atoms with Gasteiger partial charge in [-0.1, -0.05) is 0 Å². The maximum atomic E-state index is 6.75. The predicted octanol–water partition coefficient (Wildman–Crippen LogP) is -0.671. The summed E-state index contributed by atoms with van der Waals surface area (Å²) in [4.78, 5) is 1.50. The van der Waals surface area contributed by atoms with E-state index >= 15 is 0 Å². The Bertz CT molecular complexity index is 101. The van der Waals surface area contributed by atoms with Crippen LogP contribution in [-0.4, -0.2) is 12.5 Å². The van der Waals surface area contributed by atoms with Crippen LogP contribution in [0.5, 0.6) is 0 Å². The first-order chi connectivity index (χ1) is 4.18. The van der Waals surface area contributed by atoms with E-state index in [2.05, 4.69) is 0 Å². The minimum Gasteiger partial charge on any atom is -0.373 e. The summed E-state index contributed by atoms with van der Waals surface area (Å²) < 4.78 is 0. The van der Waals surface area contributed by atoms with Gasteiger partial charge in [-0.3, -0.25) is 10.2 Å². The van der Waals surface area contributed by atoms with E-state index in [0.29, 0.717) is 0 Å². The van der Waals surface area contributed by atoms with Gasteiger partial charge in [0.15, 0.2) is 0 Å². The van der Waals surface area contributed by atoms with Crippen molar-refractivity contribution in [2.24, 2.45) is 5.73 Å². The maximum Gasteiger partial charge on any atom is 0.288 e. The van der Waals surface area contributed by atoms with E-state index in [1.54, 1.807) is 5.32 Å². The summed E-state index contributed by atoms with van der Waals surface area (Å²) in [5.41, 5.74) is 18.4. The standard InChI is InChI=1S/C3H9N3.N3/c1-2-6-3(4)5;1-3-2/h2H2,1H3,(H4,4,5,6);/q;-1/p+1. The van der Waals surface area contributed by atoms with Crippen LogP contribution in [0.25, 0.3) is 16.0 Å². The average Bonchev–Trinajstić information content (AvgIpc) is 1.67.